The van der Waals surface area contributed by atoms with E-state index in [1.54, 1.807) is 60.1 Å². The lowest BCUT2D eigenvalue weighted by Crippen LogP contribution is -2.31. The first-order valence-corrected chi connectivity index (χ1v) is 13.7. The van der Waals surface area contributed by atoms with E-state index in [2.05, 4.69) is 15.6 Å². The van der Waals surface area contributed by atoms with Gasteiger partial charge in [-0.15, -0.1) is 5.10 Å². The Morgan fingerprint density at radius 1 is 1.18 bits per heavy atom. The first-order valence-electron chi connectivity index (χ1n) is 11.9. The van der Waals surface area contributed by atoms with Gasteiger partial charge in [0.05, 0.1) is 23.3 Å². The second kappa shape index (κ2) is 11.6. The predicted octanol–water partition coefficient (Wildman–Crippen LogP) is 6.72. The van der Waals surface area contributed by atoms with Gasteiger partial charge in [-0.25, -0.2) is 4.68 Å². The van der Waals surface area contributed by atoms with Crippen LogP contribution in [0.3, 0.4) is 0 Å². The summed E-state index contributed by atoms with van der Waals surface area (Å²) in [6, 6.07) is 17.8. The highest BCUT2D eigenvalue weighted by molar-refractivity contribution is 7.98. The van der Waals surface area contributed by atoms with E-state index >= 15 is 0 Å². The monoisotopic (exact) mass is 596 g/mol. The van der Waals surface area contributed by atoms with Crippen molar-refractivity contribution in [2.45, 2.75) is 23.9 Å². The third-order valence-electron chi connectivity index (χ3n) is 6.21. The number of halogens is 2. The van der Waals surface area contributed by atoms with Crippen molar-refractivity contribution in [2.24, 2.45) is 0 Å². The van der Waals surface area contributed by atoms with Gasteiger partial charge in [-0.05, 0) is 36.8 Å². The van der Waals surface area contributed by atoms with E-state index in [1.165, 1.54) is 31.0 Å². The van der Waals surface area contributed by atoms with Gasteiger partial charge in [-0.2, -0.15) is 4.98 Å². The molecule has 4 aromatic rings. The number of fused-ring (bicyclic) bond motifs is 1. The Kier molecular flexibility index (Phi) is 7.97. The van der Waals surface area contributed by atoms with Gasteiger partial charge >= 0.3 is 0 Å². The summed E-state index contributed by atoms with van der Waals surface area (Å²) < 4.78 is 7.02. The largest absolute Gasteiger partial charge is 0.495 e. The Bertz CT molecular complexity index is 1640. The minimum Gasteiger partial charge on any atom is -0.495 e. The van der Waals surface area contributed by atoms with Crippen LogP contribution in [-0.4, -0.2) is 32.7 Å². The number of benzene rings is 3. The highest BCUT2D eigenvalue weighted by Gasteiger charge is 2.36. The number of anilines is 2. The molecule has 204 valence electrons. The van der Waals surface area contributed by atoms with Crippen molar-refractivity contribution >= 4 is 58.2 Å². The number of thioether (sulfide) groups is 1. The van der Waals surface area contributed by atoms with Gasteiger partial charge in [0.25, 0.3) is 11.6 Å². The van der Waals surface area contributed by atoms with Crippen molar-refractivity contribution in [1.29, 1.82) is 0 Å². The van der Waals surface area contributed by atoms with Crippen molar-refractivity contribution in [1.82, 2.24) is 14.8 Å². The van der Waals surface area contributed by atoms with E-state index in [-0.39, 0.29) is 11.6 Å². The summed E-state index contributed by atoms with van der Waals surface area (Å²) in [5, 5.41) is 23.1. The zero-order chi connectivity index (χ0) is 28.4. The summed E-state index contributed by atoms with van der Waals surface area (Å²) >= 11 is 14.2. The summed E-state index contributed by atoms with van der Waals surface area (Å²) in [5.41, 5.74) is 3.00. The molecule has 1 atom stereocenters. The zero-order valence-corrected chi connectivity index (χ0v) is 23.5. The van der Waals surface area contributed by atoms with Crippen LogP contribution in [0, 0.1) is 10.1 Å². The maximum absolute atomic E-state index is 13.8. The number of nitrogens with zero attached hydrogens (tertiary/aromatic N) is 4. The molecule has 5 rings (SSSR count). The summed E-state index contributed by atoms with van der Waals surface area (Å²) in [4.78, 5) is 28.9. The fourth-order valence-electron chi connectivity index (χ4n) is 4.30. The Balaban J connectivity index is 1.49. The highest BCUT2D eigenvalue weighted by atomic mass is 35.5. The lowest BCUT2D eigenvalue weighted by atomic mass is 9.95. The van der Waals surface area contributed by atoms with E-state index in [0.717, 1.165) is 5.56 Å². The lowest BCUT2D eigenvalue weighted by Gasteiger charge is -2.29. The third-order valence-corrected chi connectivity index (χ3v) is 7.68. The summed E-state index contributed by atoms with van der Waals surface area (Å²) in [5.74, 6) is 1.08. The van der Waals surface area contributed by atoms with Gasteiger partial charge in [0.1, 0.15) is 11.8 Å². The van der Waals surface area contributed by atoms with Crippen LogP contribution in [-0.2, 0) is 10.5 Å². The molecule has 0 aliphatic carbocycles. The first kappa shape index (κ1) is 27.5. The van der Waals surface area contributed by atoms with Gasteiger partial charge < -0.3 is 15.4 Å². The zero-order valence-electron chi connectivity index (χ0n) is 21.2. The maximum Gasteiger partial charge on any atom is 0.269 e. The molecular formula is C27H22Cl2N6O4S. The van der Waals surface area contributed by atoms with Crippen LogP contribution >= 0.6 is 35.0 Å². The topological polar surface area (TPSA) is 124 Å². The minimum absolute atomic E-state index is 0.0247. The number of aromatic nitrogens is 3. The fourth-order valence-corrected chi connectivity index (χ4v) is 5.59. The molecule has 0 spiro atoms. The molecule has 0 radical (unpaired) electrons. The number of nitrogens with one attached hydrogen (secondary N) is 2. The highest BCUT2D eigenvalue weighted by Crippen LogP contribution is 2.40. The van der Waals surface area contributed by atoms with Crippen molar-refractivity contribution in [3.63, 3.8) is 0 Å². The van der Waals surface area contributed by atoms with E-state index in [0.29, 0.717) is 55.2 Å². The van der Waals surface area contributed by atoms with Gasteiger partial charge in [0, 0.05) is 39.2 Å². The van der Waals surface area contributed by atoms with E-state index in [9.17, 15) is 14.9 Å². The first-order chi connectivity index (χ1) is 19.2. The molecule has 1 aromatic heterocycles. The number of non-ortho nitro benzene ring substituents is 1. The second-order valence-corrected chi connectivity index (χ2v) is 10.5. The summed E-state index contributed by atoms with van der Waals surface area (Å²) in [6.07, 6.45) is 0. The van der Waals surface area contributed by atoms with Crippen LogP contribution in [0.1, 0.15) is 24.1 Å². The number of nitro groups is 1. The molecule has 1 aliphatic rings. The van der Waals surface area contributed by atoms with E-state index < -0.39 is 11.0 Å². The van der Waals surface area contributed by atoms with Crippen LogP contribution < -0.4 is 15.4 Å². The molecule has 2 heterocycles. The third kappa shape index (κ3) is 5.62. The van der Waals surface area contributed by atoms with Crippen LogP contribution in [0.15, 0.2) is 83.2 Å². The summed E-state index contributed by atoms with van der Waals surface area (Å²) in [7, 11) is 1.53. The number of amides is 1. The number of ether oxygens (including phenoxy) is 1. The Hall–Kier alpha value is -4.06. The number of para-hydroxylation sites is 2. The molecule has 1 amide bonds. The average molecular weight is 597 g/mol. The molecular weight excluding hydrogens is 575 g/mol. The maximum atomic E-state index is 13.8. The molecule has 40 heavy (non-hydrogen) atoms. The van der Waals surface area contributed by atoms with Crippen molar-refractivity contribution in [3.05, 3.63) is 109 Å². The quantitative estimate of drug-likeness (QED) is 0.130. The average Bonchev–Trinajstić information content (AvgIpc) is 3.34. The molecule has 3 aromatic carbocycles. The molecule has 1 aliphatic heterocycles. The normalized spacial score (nSPS) is 14.3. The predicted molar refractivity (Wildman–Crippen MR) is 155 cm³/mol. The molecule has 0 saturated carbocycles. The van der Waals surface area contributed by atoms with Gasteiger partial charge in [0.15, 0.2) is 0 Å². The number of hydrogen-bond donors (Lipinski definition) is 2. The van der Waals surface area contributed by atoms with Crippen molar-refractivity contribution in [3.8, 4) is 5.75 Å². The van der Waals surface area contributed by atoms with Gasteiger partial charge in [-0.1, -0.05) is 65.3 Å². The SMILES string of the molecule is COc1ccccc1NC(=O)C1=C(C)Nc2nc(SCc3ccc([N+](=O)[O-])cc3)nn2C1c1ccc(Cl)cc1Cl. The lowest BCUT2D eigenvalue weighted by molar-refractivity contribution is -0.384. The van der Waals surface area contributed by atoms with Crippen molar-refractivity contribution in [2.75, 3.05) is 17.7 Å². The number of carbonyl (C=O) groups is 1. The minimum atomic E-state index is -0.711. The number of hydrogen-bond acceptors (Lipinski definition) is 8. The molecule has 13 heteroatoms. The van der Waals surface area contributed by atoms with E-state index in [4.69, 9.17) is 33.0 Å². The molecule has 0 bridgehead atoms. The number of allylic oxidation sites excluding steroid dienone is 1. The number of carbonyl (C=O) groups excluding carboxylic acids is 1. The number of methoxy groups -OCH3 is 1. The second-order valence-electron chi connectivity index (χ2n) is 8.76. The van der Waals surface area contributed by atoms with Crippen LogP contribution in [0.25, 0.3) is 0 Å². The Morgan fingerprint density at radius 3 is 2.62 bits per heavy atom. The molecule has 2 N–H and O–H groups in total. The Labute approximate surface area is 243 Å². The van der Waals surface area contributed by atoms with Crippen molar-refractivity contribution < 1.29 is 14.5 Å². The number of rotatable bonds is 8. The fraction of sp³-hybridized carbons (Fsp3) is 0.148. The standard InChI is InChI=1S/C27H22Cl2N6O4S/c1-15-23(25(36)31-21-5-3-4-6-22(21)39-2)24(19-12-9-17(28)13-20(19)29)34-26(30-15)32-27(33-34)40-14-16-7-10-18(11-8-16)35(37)38/h3-13,24H,14H2,1-2H3,(H,31,36)(H,30,32,33). The molecule has 1 unspecified atom stereocenters. The van der Waals surface area contributed by atoms with Crippen LogP contribution in [0.4, 0.5) is 17.3 Å². The molecule has 0 saturated heterocycles. The van der Waals surface area contributed by atoms with Crippen LogP contribution in [0.5, 0.6) is 5.75 Å². The van der Waals surface area contributed by atoms with Gasteiger partial charge in [0.2, 0.25) is 11.1 Å². The Morgan fingerprint density at radius 2 is 1.93 bits per heavy atom. The van der Waals surface area contributed by atoms with Crippen LogP contribution in [0.2, 0.25) is 10.0 Å². The smallest absolute Gasteiger partial charge is 0.269 e. The number of nitro benzene ring substituents is 1. The van der Waals surface area contributed by atoms with Gasteiger partial charge in [-0.3, -0.25) is 14.9 Å². The van der Waals surface area contributed by atoms with E-state index in [1.807, 2.05) is 6.07 Å². The molecule has 0 fully saturated rings. The molecule has 10 nitrogen and oxygen atoms in total. The summed E-state index contributed by atoms with van der Waals surface area (Å²) in [6.45, 7) is 1.79.